The minimum Gasteiger partial charge on any atom is -0.480 e. The van der Waals surface area contributed by atoms with Gasteiger partial charge in [-0.2, -0.15) is 0 Å². The first-order valence-corrected chi connectivity index (χ1v) is 23.3. The number of likely N-dealkylation sites (tertiary alicyclic amines) is 1. The van der Waals surface area contributed by atoms with Gasteiger partial charge in [0.25, 0.3) is 5.91 Å². The molecule has 2 saturated heterocycles. The molecule has 2 aliphatic rings. The summed E-state index contributed by atoms with van der Waals surface area (Å²) in [6, 6.07) is 4.45. The van der Waals surface area contributed by atoms with Crippen LogP contribution in [-0.2, 0) is 40.1 Å². The molecule has 4 atom stereocenters. The number of benzene rings is 1. The number of nitrogens with zero attached hydrogens (tertiary/aromatic N) is 7. The maximum atomic E-state index is 13.6. The van der Waals surface area contributed by atoms with Crippen molar-refractivity contribution in [1.29, 1.82) is 0 Å². The number of hydrogen-bond donors (Lipinski definition) is 11. The van der Waals surface area contributed by atoms with Crippen LogP contribution in [0.3, 0.4) is 0 Å². The second kappa shape index (κ2) is 32.4. The molecular formula is C43H71BLuN12O14. The number of carboxylic acids is 3. The van der Waals surface area contributed by atoms with Crippen molar-refractivity contribution >= 4 is 60.5 Å². The van der Waals surface area contributed by atoms with Gasteiger partial charge in [-0.25, -0.2) is 0 Å². The molecule has 3 rings (SSSR count). The zero-order valence-electron chi connectivity index (χ0n) is 40.2. The van der Waals surface area contributed by atoms with E-state index in [1.165, 1.54) is 11.8 Å². The van der Waals surface area contributed by atoms with Crippen LogP contribution in [0.25, 0.3) is 0 Å². The van der Waals surface area contributed by atoms with Crippen molar-refractivity contribution in [1.82, 2.24) is 45.3 Å². The van der Waals surface area contributed by atoms with Crippen LogP contribution in [-0.4, -0.2) is 250 Å². The molecule has 0 saturated carbocycles. The van der Waals surface area contributed by atoms with E-state index < -0.39 is 72.8 Å². The average Bonchev–Trinajstić information content (AvgIpc) is 3.69. The summed E-state index contributed by atoms with van der Waals surface area (Å²) in [5.74, 6) is -6.62. The van der Waals surface area contributed by atoms with Gasteiger partial charge >= 0.3 is 25.0 Å². The predicted molar refractivity (Wildman–Crippen MR) is 254 cm³/mol. The molecule has 13 N–H and O–H groups in total. The zero-order chi connectivity index (χ0) is 51.9. The molecule has 0 spiro atoms. The standard InChI is InChI=1S/C43H71BN12O14.Lu/c1-29(42(68)56-24-32(57)22-34(56)44(69)70)49-40(66)31-10-8-30(9-11-31)23-51(2)36(59)7-3-4-12-47-41(67)33(6-5-13-48-43(45)46)50-35(58)25-52-14-16-53(26-37(60)61)18-20-55(28-39(64)65)21-19-54(17-15-52)27-38(62)63;/h8-11,29,32-34,57,69-70H,3-7,12-28H2,1-2H3,(H,47,67)(H,49,66)(H,50,58)(H,60,61)(H,62,63)(H,64,65)(H4,45,46,48);/t29-,32+,33+,34+;/m1./s1. The number of carboxylic acid groups (broad SMARTS) is 3. The van der Waals surface area contributed by atoms with E-state index >= 15 is 0 Å². The van der Waals surface area contributed by atoms with Gasteiger partial charge in [0.05, 0.1) is 38.2 Å². The summed E-state index contributed by atoms with van der Waals surface area (Å²) in [5, 5.41) is 65.8. The largest absolute Gasteiger partial charge is 0.480 e. The number of β-amino-alcohol motifs (C(OH)–C–C–N with tert-alkyl or cyclic N) is 1. The Hall–Kier alpha value is -4.73. The van der Waals surface area contributed by atoms with E-state index in [4.69, 9.17) is 11.5 Å². The van der Waals surface area contributed by atoms with Gasteiger partial charge in [0, 0.05) is 134 Å². The number of carbonyl (C=O) groups is 8. The maximum absolute atomic E-state index is 13.6. The van der Waals surface area contributed by atoms with Gasteiger partial charge in [0.2, 0.25) is 23.6 Å². The Bertz CT molecular complexity index is 1920. The molecule has 28 heteroatoms. The number of unbranched alkanes of at least 4 members (excludes halogenated alkanes) is 1. The SMILES string of the molecule is C[C@@H](NC(=O)c1ccc(CN(C)C(=O)CCCCNC(=O)[C@H](CCCN=C(N)N)NC(=O)CN2CCN(CC(=O)O)CCN(CC(=O)O)CCN(CC(=O)O)CC2)cc1)C(=O)N1C[C@@H](O)C[C@H]1B(O)O.[Lu]. The van der Waals surface area contributed by atoms with E-state index in [2.05, 4.69) is 20.9 Å². The summed E-state index contributed by atoms with van der Waals surface area (Å²) in [5.41, 5.74) is 11.9. The summed E-state index contributed by atoms with van der Waals surface area (Å²) >= 11 is 0. The number of amides is 5. The molecule has 2 fully saturated rings. The number of aliphatic carboxylic acids is 3. The summed E-state index contributed by atoms with van der Waals surface area (Å²) < 4.78 is 0. The van der Waals surface area contributed by atoms with E-state index in [9.17, 15) is 68.8 Å². The van der Waals surface area contributed by atoms with Gasteiger partial charge in [-0.15, -0.1) is 0 Å². The molecular weight excluding hydrogens is 1090 g/mol. The van der Waals surface area contributed by atoms with Crippen LogP contribution in [0.5, 0.6) is 0 Å². The minimum atomic E-state index is -1.84. The number of nitrogens with two attached hydrogens (primary N) is 2. The molecule has 0 unspecified atom stereocenters. The Kier molecular flexibility index (Phi) is 28.4. The first-order chi connectivity index (χ1) is 33.1. The number of aliphatic hydroxyl groups excluding tert-OH is 1. The van der Waals surface area contributed by atoms with E-state index in [0.717, 1.165) is 10.5 Å². The Morgan fingerprint density at radius 1 is 0.775 bits per heavy atom. The smallest absolute Gasteiger partial charge is 0.475 e. The normalized spacial score (nSPS) is 18.3. The van der Waals surface area contributed by atoms with Gasteiger partial charge < -0.3 is 67.7 Å². The number of aliphatic hydroxyl groups is 1. The Balaban J connectivity index is 0.0000173. The fourth-order valence-corrected chi connectivity index (χ4v) is 8.02. The van der Waals surface area contributed by atoms with Crippen molar-refractivity contribution in [2.24, 2.45) is 16.5 Å². The van der Waals surface area contributed by atoms with E-state index in [1.54, 1.807) is 50.9 Å². The summed E-state index contributed by atoms with van der Waals surface area (Å²) in [6.45, 7) is 2.53. The van der Waals surface area contributed by atoms with Crippen LogP contribution in [0, 0.1) is 36.9 Å². The molecule has 405 valence electrons. The quantitative estimate of drug-likeness (QED) is 0.0189. The Morgan fingerprint density at radius 3 is 1.76 bits per heavy atom. The molecule has 0 aliphatic carbocycles. The Morgan fingerprint density at radius 2 is 1.28 bits per heavy atom. The molecule has 71 heavy (non-hydrogen) atoms. The molecule has 26 nitrogen and oxygen atoms in total. The van der Waals surface area contributed by atoms with Crippen LogP contribution in [0.2, 0.25) is 0 Å². The number of rotatable bonds is 25. The van der Waals surface area contributed by atoms with Crippen LogP contribution in [0.1, 0.15) is 61.4 Å². The first kappa shape index (κ1) is 62.4. The van der Waals surface area contributed by atoms with Gasteiger partial charge in [-0.1, -0.05) is 12.1 Å². The van der Waals surface area contributed by atoms with Crippen LogP contribution in [0.4, 0.5) is 0 Å². The van der Waals surface area contributed by atoms with Crippen molar-refractivity contribution in [3.8, 4) is 0 Å². The van der Waals surface area contributed by atoms with Gasteiger partial charge in [0.15, 0.2) is 5.96 Å². The minimum absolute atomic E-state index is 0. The summed E-state index contributed by atoms with van der Waals surface area (Å²) in [7, 11) is -0.205. The van der Waals surface area contributed by atoms with Crippen LogP contribution < -0.4 is 27.4 Å². The number of aliphatic imine (C=N–C) groups is 1. The van der Waals surface area contributed by atoms with Crippen molar-refractivity contribution in [2.45, 2.75) is 76.1 Å². The monoisotopic (exact) mass is 1170 g/mol. The van der Waals surface area contributed by atoms with Gasteiger partial charge in [-0.05, 0) is 56.7 Å². The van der Waals surface area contributed by atoms with E-state index in [0.29, 0.717) is 19.3 Å². The topological polar surface area (TPSA) is 378 Å². The molecule has 2 heterocycles. The molecule has 1 aromatic carbocycles. The van der Waals surface area contributed by atoms with E-state index in [1.807, 2.05) is 0 Å². The van der Waals surface area contributed by atoms with E-state index in [-0.39, 0.29) is 178 Å². The third-order valence-electron chi connectivity index (χ3n) is 11.8. The number of nitrogens with one attached hydrogen (secondary N) is 3. The molecule has 1 radical (unpaired) electrons. The van der Waals surface area contributed by atoms with Crippen LogP contribution >= 0.6 is 0 Å². The number of hydrogen-bond acceptors (Lipinski definition) is 16. The fourth-order valence-electron chi connectivity index (χ4n) is 8.02. The van der Waals surface area contributed by atoms with Crippen molar-refractivity contribution in [2.75, 3.05) is 105 Å². The van der Waals surface area contributed by atoms with Gasteiger partial charge in [-0.3, -0.25) is 62.9 Å². The second-order valence-electron chi connectivity index (χ2n) is 17.6. The van der Waals surface area contributed by atoms with Gasteiger partial charge in [0.1, 0.15) is 12.1 Å². The van der Waals surface area contributed by atoms with Crippen molar-refractivity contribution < 1.29 is 106 Å². The summed E-state index contributed by atoms with van der Waals surface area (Å²) in [4.78, 5) is 114. The van der Waals surface area contributed by atoms with Crippen LogP contribution in [0.15, 0.2) is 29.3 Å². The number of carbonyl (C=O) groups excluding carboxylic acids is 5. The molecule has 0 aromatic heterocycles. The second-order valence-corrected chi connectivity index (χ2v) is 17.6. The van der Waals surface area contributed by atoms with Crippen molar-refractivity contribution in [3.63, 3.8) is 0 Å². The molecule has 2 aliphatic heterocycles. The summed E-state index contributed by atoms with van der Waals surface area (Å²) in [6.07, 6.45) is 0.646. The zero-order valence-corrected chi connectivity index (χ0v) is 41.9. The predicted octanol–water partition coefficient (Wildman–Crippen LogP) is -4.96. The molecule has 5 amide bonds. The number of guanidine groups is 1. The van der Waals surface area contributed by atoms with Crippen molar-refractivity contribution in [3.05, 3.63) is 35.4 Å². The fraction of sp³-hybridized carbons (Fsp3) is 0.651. The molecule has 1 aromatic rings. The molecule has 0 bridgehead atoms. The first-order valence-electron chi connectivity index (χ1n) is 23.3. The maximum Gasteiger partial charge on any atom is 0.475 e. The third kappa shape index (κ3) is 24.0. The average molecular weight is 1170 g/mol. The third-order valence-corrected chi connectivity index (χ3v) is 11.8. The Labute approximate surface area is 442 Å².